The van der Waals surface area contributed by atoms with Gasteiger partial charge in [0.25, 0.3) is 0 Å². The first-order chi connectivity index (χ1) is 73.0. The van der Waals surface area contributed by atoms with E-state index in [0.717, 1.165) is 34.1 Å². The van der Waals surface area contributed by atoms with Crippen LogP contribution in [-0.2, 0) is 10.8 Å². The van der Waals surface area contributed by atoms with Gasteiger partial charge < -0.3 is 37.2 Å². The second-order valence-electron chi connectivity index (χ2n) is 41.6. The highest BCUT2D eigenvalue weighted by molar-refractivity contribution is 7.27. The molecule has 0 bridgehead atoms. The molecule has 0 fully saturated rings. The van der Waals surface area contributed by atoms with Crippen LogP contribution < -0.4 is 19.6 Å². The van der Waals surface area contributed by atoms with Gasteiger partial charge in [0.05, 0.1) is 110 Å². The molecule has 10 heterocycles. The highest BCUT2D eigenvalue weighted by atomic mass is 32.1. The summed E-state index contributed by atoms with van der Waals surface area (Å²) in [5, 5.41) is 25.3. The Hall–Kier alpha value is -18.3. The zero-order chi connectivity index (χ0) is 97.1. The summed E-state index contributed by atoms with van der Waals surface area (Å²) in [6, 6.07) is 172. The van der Waals surface area contributed by atoms with Gasteiger partial charge in [-0.25, -0.2) is 0 Å². The van der Waals surface area contributed by atoms with Crippen molar-refractivity contribution in [1.82, 2.24) is 17.6 Å². The summed E-state index contributed by atoms with van der Waals surface area (Å²) in [5.74, 6) is 0. The fraction of sp³-hybridized carbons (Fsp3) is 0.0435. The van der Waals surface area contributed by atoms with E-state index in [4.69, 9.17) is 0 Å². The molecule has 10 heteroatoms. The minimum Gasteiger partial charge on any atom is -0.310 e. The van der Waals surface area contributed by atoms with Gasteiger partial charge in [-0.3, -0.25) is 0 Å². The Morgan fingerprint density at radius 3 is 0.757 bits per heavy atom. The lowest BCUT2D eigenvalue weighted by Crippen LogP contribution is -2.15. The third-order valence-corrected chi connectivity index (χ3v) is 35.9. The van der Waals surface area contributed by atoms with Crippen molar-refractivity contribution in [2.75, 3.05) is 19.6 Å². The normalized spacial score (nSPS) is 13.4. The van der Waals surface area contributed by atoms with Crippen molar-refractivity contribution in [2.24, 2.45) is 0 Å². The molecule has 0 spiro atoms. The molecule has 0 radical (unpaired) electrons. The van der Waals surface area contributed by atoms with Crippen LogP contribution in [-0.4, -0.2) is 17.6 Å². The third-order valence-electron chi connectivity index (χ3n) is 33.4. The number of nitrogens with zero attached hydrogens (tertiary/aromatic N) is 8. The Labute approximate surface area is 858 Å². The topological polar surface area (TPSA) is 30.6 Å². The zero-order valence-corrected chi connectivity index (χ0v) is 82.9. The van der Waals surface area contributed by atoms with Crippen molar-refractivity contribution < 1.29 is 0 Å². The first-order valence-corrected chi connectivity index (χ1v) is 53.0. The average Bonchev–Trinajstić information content (AvgIpc) is 1.51. The maximum atomic E-state index is 2.56. The molecule has 8 nitrogen and oxygen atoms in total. The van der Waals surface area contributed by atoms with Crippen LogP contribution in [0.5, 0.6) is 0 Å². The first-order valence-electron chi connectivity index (χ1n) is 51.4. The number of aromatic nitrogens is 4. The molecule has 2 aliphatic carbocycles. The van der Waals surface area contributed by atoms with Crippen LogP contribution >= 0.6 is 22.7 Å². The fourth-order valence-corrected chi connectivity index (χ4v) is 29.7. The molecular formula is C138H88N8S2. The van der Waals surface area contributed by atoms with Gasteiger partial charge in [-0.1, -0.05) is 319 Å². The minimum absolute atomic E-state index is 0.0705. The summed E-state index contributed by atoms with van der Waals surface area (Å²) in [7, 11) is 0. The molecule has 22 aromatic carbocycles. The van der Waals surface area contributed by atoms with Gasteiger partial charge in [-0.05, 0) is 214 Å². The molecule has 0 saturated heterocycles. The SMILES string of the molecule is CC1(C)c2ccccc2-c2cc(N(c3ccccc3)c3cccc4c3c3cccc5c6cc7c(cc6n4c53)c3cccc4c5c(N(c6ccccc6)c6ccc8c(c6)-c6ccccc6C8(C)C)cccc5n7c34)ccc21.c1ccc(N(c2cccc3c2sc2ccccc23)c2cccc3c2c2cccc4c5cc6c(cc5n3c42)c2cccc3c4c(N(c5ccccc5)c5cccc7c5sc5ccccc57)cccc4n6c23)cc1. The highest BCUT2D eigenvalue weighted by Crippen LogP contribution is 2.60. The molecule has 0 amide bonds. The summed E-state index contributed by atoms with van der Waals surface area (Å²) in [6.45, 7) is 9.43. The van der Waals surface area contributed by atoms with Crippen LogP contribution in [0.15, 0.2) is 461 Å². The molecule has 0 aliphatic heterocycles. The number of thiophene rings is 2. The van der Waals surface area contributed by atoms with Gasteiger partial charge in [0.2, 0.25) is 0 Å². The Bertz CT molecular complexity index is 10600. The lowest BCUT2D eigenvalue weighted by atomic mass is 9.82. The Kier molecular flexibility index (Phi) is 16.7. The van der Waals surface area contributed by atoms with E-state index >= 15 is 0 Å². The Morgan fingerprint density at radius 2 is 0.419 bits per heavy atom. The van der Waals surface area contributed by atoms with Crippen LogP contribution in [0.2, 0.25) is 0 Å². The van der Waals surface area contributed by atoms with E-state index < -0.39 is 0 Å². The standard InChI is InChI=1S/C72H50N4.C66H38N4S2/c1-71(2)57-29-13-11-23-47(57)53-39-45(35-37-59(53)71)73(43-19-7-5-8-20-43)61-31-17-33-63-67(61)51-27-15-25-49-55-42-66-56(41-65(55)75(63)69(49)51)50-26-16-28-52-68-62(32-18-34-64(68)76(66)70(50)52)74(44-21-9-6-10-22-44)46-36-38-60-54(40-46)48-24-12-14-30-58(48)72(60,3)4;1-3-17-39(18-4-1)67(55-33-13-25-45-41-21-7-9-35-59(41)71-65(45)55)51-29-15-31-53-61(51)47-27-11-23-43-49-38-58-50(37-57(49)69(53)63(43)47)44-24-12-28-48-62-52(30-16-32-54(62)70(58)64(44)48)68(40-19-5-2-6-20-40)56-34-14-26-46-42-22-8-10-36-60(42)72-66(46)56/h5-42H,1-4H3;1-38H. The molecule has 0 N–H and O–H groups in total. The zero-order valence-electron chi connectivity index (χ0n) is 81.3. The maximum Gasteiger partial charge on any atom is 0.0640 e. The Morgan fingerprint density at radius 1 is 0.169 bits per heavy atom. The smallest absolute Gasteiger partial charge is 0.0640 e. The van der Waals surface area contributed by atoms with Gasteiger partial charge in [0.1, 0.15) is 0 Å². The molecule has 148 heavy (non-hydrogen) atoms. The molecular weight excluding hydrogens is 1830 g/mol. The minimum atomic E-state index is -0.0705. The largest absolute Gasteiger partial charge is 0.310 e. The van der Waals surface area contributed by atoms with Crippen LogP contribution in [0, 0.1) is 0 Å². The quantitative estimate of drug-likeness (QED) is 0.122. The second-order valence-corrected chi connectivity index (χ2v) is 43.7. The summed E-state index contributed by atoms with van der Waals surface area (Å²) in [5.41, 5.74) is 39.3. The number of anilines is 12. The molecule has 32 aromatic rings. The predicted octanol–water partition coefficient (Wildman–Crippen LogP) is 39.2. The monoisotopic (exact) mass is 1920 g/mol. The Balaban J connectivity index is 0.000000129. The van der Waals surface area contributed by atoms with Crippen LogP contribution in [0.1, 0.15) is 49.9 Å². The van der Waals surface area contributed by atoms with Crippen molar-refractivity contribution in [1.29, 1.82) is 0 Å². The van der Waals surface area contributed by atoms with E-state index in [1.807, 2.05) is 22.7 Å². The van der Waals surface area contributed by atoms with E-state index in [9.17, 15) is 0 Å². The van der Waals surface area contributed by atoms with E-state index in [0.29, 0.717) is 0 Å². The second kappa shape index (κ2) is 30.2. The molecule has 10 aromatic heterocycles. The van der Waals surface area contributed by atoms with Gasteiger partial charge in [-0.15, -0.1) is 22.7 Å². The fourth-order valence-electron chi connectivity index (χ4n) is 27.3. The van der Waals surface area contributed by atoms with Gasteiger partial charge in [-0.2, -0.15) is 0 Å². The number of para-hydroxylation sites is 8. The van der Waals surface area contributed by atoms with Gasteiger partial charge in [0, 0.05) is 162 Å². The summed E-state index contributed by atoms with van der Waals surface area (Å²) in [4.78, 5) is 9.96. The van der Waals surface area contributed by atoms with Crippen LogP contribution in [0.25, 0.3) is 215 Å². The molecule has 0 atom stereocenters. The first kappa shape index (κ1) is 82.1. The lowest BCUT2D eigenvalue weighted by Gasteiger charge is -2.28. The summed E-state index contributed by atoms with van der Waals surface area (Å²) in [6.07, 6.45) is 0. The molecule has 0 saturated carbocycles. The summed E-state index contributed by atoms with van der Waals surface area (Å²) < 4.78 is 15.4. The van der Waals surface area contributed by atoms with Crippen LogP contribution in [0.3, 0.4) is 0 Å². The van der Waals surface area contributed by atoms with Gasteiger partial charge >= 0.3 is 0 Å². The van der Waals surface area contributed by atoms with Crippen molar-refractivity contribution in [2.45, 2.75) is 38.5 Å². The van der Waals surface area contributed by atoms with Crippen molar-refractivity contribution >= 4 is 284 Å². The number of rotatable bonds is 12. The maximum absolute atomic E-state index is 2.56. The van der Waals surface area contributed by atoms with Crippen molar-refractivity contribution in [3.8, 4) is 22.3 Å². The average molecular weight is 1920 g/mol. The van der Waals surface area contributed by atoms with E-state index in [2.05, 4.69) is 526 Å². The molecule has 0 unspecified atom stereocenters. The molecule has 2 aliphatic rings. The van der Waals surface area contributed by atoms with Crippen LogP contribution in [0.4, 0.5) is 68.2 Å². The third kappa shape index (κ3) is 11.0. The summed E-state index contributed by atoms with van der Waals surface area (Å²) >= 11 is 3.76. The van der Waals surface area contributed by atoms with Crippen molar-refractivity contribution in [3.05, 3.63) is 483 Å². The number of fused-ring (bicyclic) bond motifs is 36. The number of hydrogen-bond donors (Lipinski definition) is 0. The van der Waals surface area contributed by atoms with Gasteiger partial charge in [0.15, 0.2) is 0 Å². The molecule has 34 rings (SSSR count). The number of benzene rings is 22. The number of hydrogen-bond acceptors (Lipinski definition) is 6. The molecule has 692 valence electrons. The van der Waals surface area contributed by atoms with E-state index in [1.54, 1.807) is 0 Å². The van der Waals surface area contributed by atoms with Crippen molar-refractivity contribution in [3.63, 3.8) is 0 Å². The lowest BCUT2D eigenvalue weighted by molar-refractivity contribution is 0.660. The predicted molar refractivity (Wildman–Crippen MR) is 631 cm³/mol. The van der Waals surface area contributed by atoms with E-state index in [-0.39, 0.29) is 10.8 Å². The van der Waals surface area contributed by atoms with E-state index in [1.165, 1.54) is 271 Å². The highest BCUT2D eigenvalue weighted by Gasteiger charge is 2.40.